The molecule has 102 valence electrons. The Morgan fingerprint density at radius 2 is 2.16 bits per heavy atom. The zero-order valence-corrected chi connectivity index (χ0v) is 11.7. The maximum absolute atomic E-state index is 5.49. The summed E-state index contributed by atoms with van der Waals surface area (Å²) in [5.41, 5.74) is 1.31. The monoisotopic (exact) mass is 258 g/mol. The van der Waals surface area contributed by atoms with E-state index in [1.54, 1.807) is 0 Å². The van der Waals surface area contributed by atoms with E-state index < -0.39 is 0 Å². The maximum atomic E-state index is 5.49. The Morgan fingerprint density at radius 1 is 1.26 bits per heavy atom. The van der Waals surface area contributed by atoms with E-state index in [0.717, 1.165) is 26.2 Å². The van der Waals surface area contributed by atoms with E-state index in [1.165, 1.54) is 16.3 Å². The fourth-order valence-electron chi connectivity index (χ4n) is 2.40. The normalized spacial score (nSPS) is 12.7. The second-order valence-corrected chi connectivity index (χ2v) is 4.54. The molecular weight excluding hydrogens is 236 g/mol. The third-order valence-corrected chi connectivity index (χ3v) is 3.30. The molecule has 1 N–H and O–H groups in total. The highest BCUT2D eigenvalue weighted by Crippen LogP contribution is 2.25. The van der Waals surface area contributed by atoms with Crippen LogP contribution in [-0.4, -0.2) is 24.7 Å². The molecule has 0 aliphatic heterocycles. The van der Waals surface area contributed by atoms with Gasteiger partial charge in [-0.3, -0.25) is 4.98 Å². The smallest absolute Gasteiger partial charge is 0.0484 e. The summed E-state index contributed by atoms with van der Waals surface area (Å²) in [7, 11) is 0. The Balaban J connectivity index is 2.27. The molecule has 0 aliphatic carbocycles. The lowest BCUT2D eigenvalue weighted by Gasteiger charge is -2.20. The summed E-state index contributed by atoms with van der Waals surface area (Å²) in [6.45, 7) is 6.68. The Labute approximate surface area is 115 Å². The topological polar surface area (TPSA) is 34.1 Å². The van der Waals surface area contributed by atoms with Crippen molar-refractivity contribution < 1.29 is 4.74 Å². The summed E-state index contributed by atoms with van der Waals surface area (Å²) in [5.74, 6) is 0. The summed E-state index contributed by atoms with van der Waals surface area (Å²) in [6.07, 6.45) is 4.78. The van der Waals surface area contributed by atoms with Crippen LogP contribution in [0.5, 0.6) is 0 Å². The summed E-state index contributed by atoms with van der Waals surface area (Å²) in [5, 5.41) is 6.01. The summed E-state index contributed by atoms with van der Waals surface area (Å²) < 4.78 is 5.49. The van der Waals surface area contributed by atoms with E-state index in [-0.39, 0.29) is 0 Å². The molecule has 2 rings (SSSR count). The highest BCUT2D eigenvalue weighted by Gasteiger charge is 2.13. The van der Waals surface area contributed by atoms with Gasteiger partial charge in [-0.05, 0) is 36.9 Å². The van der Waals surface area contributed by atoms with Crippen molar-refractivity contribution in [2.45, 2.75) is 26.3 Å². The van der Waals surface area contributed by atoms with Crippen molar-refractivity contribution in [2.75, 3.05) is 19.8 Å². The Bertz CT molecular complexity index is 508. The van der Waals surface area contributed by atoms with Crippen LogP contribution in [0.3, 0.4) is 0 Å². The molecular formula is C16H22N2O. The van der Waals surface area contributed by atoms with Gasteiger partial charge in [0.25, 0.3) is 0 Å². The second-order valence-electron chi connectivity index (χ2n) is 4.54. The molecule has 3 heteroatoms. The largest absolute Gasteiger partial charge is 0.382 e. The average molecular weight is 258 g/mol. The van der Waals surface area contributed by atoms with Crippen molar-refractivity contribution >= 4 is 10.8 Å². The van der Waals surface area contributed by atoms with Gasteiger partial charge in [0, 0.05) is 37.0 Å². The SMILES string of the molecule is CCNC(CCOCC)c1cccc2ccncc12. The average Bonchev–Trinajstić information content (AvgIpc) is 2.46. The summed E-state index contributed by atoms with van der Waals surface area (Å²) in [6, 6.07) is 8.81. The minimum absolute atomic E-state index is 0.324. The molecule has 0 fully saturated rings. The molecule has 19 heavy (non-hydrogen) atoms. The van der Waals surface area contributed by atoms with Gasteiger partial charge < -0.3 is 10.1 Å². The van der Waals surface area contributed by atoms with Gasteiger partial charge in [0.05, 0.1) is 0 Å². The molecule has 3 nitrogen and oxygen atoms in total. The van der Waals surface area contributed by atoms with Gasteiger partial charge in [-0.1, -0.05) is 25.1 Å². The van der Waals surface area contributed by atoms with Crippen molar-refractivity contribution in [3.05, 3.63) is 42.2 Å². The van der Waals surface area contributed by atoms with E-state index in [0.29, 0.717) is 6.04 Å². The Hall–Kier alpha value is -1.45. The van der Waals surface area contributed by atoms with Crippen molar-refractivity contribution in [3.63, 3.8) is 0 Å². The van der Waals surface area contributed by atoms with Crippen LogP contribution in [0.25, 0.3) is 10.8 Å². The van der Waals surface area contributed by atoms with Gasteiger partial charge in [-0.15, -0.1) is 0 Å². The van der Waals surface area contributed by atoms with Gasteiger partial charge in [0.1, 0.15) is 0 Å². The molecule has 0 aliphatic rings. The second kappa shape index (κ2) is 7.22. The summed E-state index contributed by atoms with van der Waals surface area (Å²) in [4.78, 5) is 4.25. The van der Waals surface area contributed by atoms with Gasteiger partial charge in [-0.2, -0.15) is 0 Å². The standard InChI is InChI=1S/C16H22N2O/c1-3-18-16(9-11-19-4-2)14-7-5-6-13-8-10-17-12-15(13)14/h5-8,10,12,16,18H,3-4,9,11H2,1-2H3. The Kier molecular flexibility index (Phi) is 5.31. The van der Waals surface area contributed by atoms with Crippen LogP contribution < -0.4 is 5.32 Å². The van der Waals surface area contributed by atoms with Crippen LogP contribution in [0.4, 0.5) is 0 Å². The molecule has 1 atom stereocenters. The zero-order chi connectivity index (χ0) is 13.5. The number of ether oxygens (including phenoxy) is 1. The molecule has 0 bridgehead atoms. The number of hydrogen-bond acceptors (Lipinski definition) is 3. The first-order valence-corrected chi connectivity index (χ1v) is 7.00. The number of pyridine rings is 1. The van der Waals surface area contributed by atoms with Gasteiger partial charge in [0.2, 0.25) is 0 Å². The third-order valence-electron chi connectivity index (χ3n) is 3.30. The van der Waals surface area contributed by atoms with Crippen LogP contribution >= 0.6 is 0 Å². The van der Waals surface area contributed by atoms with Gasteiger partial charge in [0.15, 0.2) is 0 Å². The first kappa shape index (κ1) is 14.0. The number of nitrogens with zero attached hydrogens (tertiary/aromatic N) is 1. The maximum Gasteiger partial charge on any atom is 0.0484 e. The minimum atomic E-state index is 0.324. The van der Waals surface area contributed by atoms with Gasteiger partial charge >= 0.3 is 0 Å². The quantitative estimate of drug-likeness (QED) is 0.774. The number of aromatic nitrogens is 1. The molecule has 1 aromatic carbocycles. The van der Waals surface area contributed by atoms with Gasteiger partial charge in [-0.25, -0.2) is 0 Å². The molecule has 2 aromatic rings. The molecule has 1 aromatic heterocycles. The Morgan fingerprint density at radius 3 is 2.95 bits per heavy atom. The van der Waals surface area contributed by atoms with E-state index in [4.69, 9.17) is 4.74 Å². The number of benzene rings is 1. The van der Waals surface area contributed by atoms with E-state index in [1.807, 2.05) is 19.3 Å². The number of rotatable bonds is 7. The number of fused-ring (bicyclic) bond motifs is 1. The molecule has 0 saturated heterocycles. The number of hydrogen-bond donors (Lipinski definition) is 1. The van der Waals surface area contributed by atoms with Crippen LogP contribution in [-0.2, 0) is 4.74 Å². The highest BCUT2D eigenvalue weighted by molar-refractivity contribution is 5.85. The first-order chi connectivity index (χ1) is 9.36. The minimum Gasteiger partial charge on any atom is -0.382 e. The third kappa shape index (κ3) is 3.52. The molecule has 0 saturated carbocycles. The van der Waals surface area contributed by atoms with E-state index in [9.17, 15) is 0 Å². The lowest BCUT2D eigenvalue weighted by atomic mass is 9.98. The van der Waals surface area contributed by atoms with Crippen LogP contribution in [0.2, 0.25) is 0 Å². The van der Waals surface area contributed by atoms with Crippen LogP contribution in [0.1, 0.15) is 31.9 Å². The van der Waals surface area contributed by atoms with E-state index in [2.05, 4.69) is 41.5 Å². The van der Waals surface area contributed by atoms with Crippen molar-refractivity contribution in [1.29, 1.82) is 0 Å². The zero-order valence-electron chi connectivity index (χ0n) is 11.7. The number of nitrogens with one attached hydrogen (secondary N) is 1. The predicted molar refractivity (Wildman–Crippen MR) is 79.3 cm³/mol. The van der Waals surface area contributed by atoms with Crippen molar-refractivity contribution in [2.24, 2.45) is 0 Å². The molecule has 1 heterocycles. The lowest BCUT2D eigenvalue weighted by Crippen LogP contribution is -2.22. The molecule has 1 unspecified atom stereocenters. The van der Waals surface area contributed by atoms with Crippen molar-refractivity contribution in [1.82, 2.24) is 10.3 Å². The fraction of sp³-hybridized carbons (Fsp3) is 0.438. The summed E-state index contributed by atoms with van der Waals surface area (Å²) >= 11 is 0. The van der Waals surface area contributed by atoms with E-state index >= 15 is 0 Å². The lowest BCUT2D eigenvalue weighted by molar-refractivity contribution is 0.136. The molecule has 0 spiro atoms. The van der Waals surface area contributed by atoms with Crippen LogP contribution in [0, 0.1) is 0 Å². The van der Waals surface area contributed by atoms with Crippen molar-refractivity contribution in [3.8, 4) is 0 Å². The fourth-order valence-corrected chi connectivity index (χ4v) is 2.40. The highest BCUT2D eigenvalue weighted by atomic mass is 16.5. The first-order valence-electron chi connectivity index (χ1n) is 7.00. The van der Waals surface area contributed by atoms with Crippen LogP contribution in [0.15, 0.2) is 36.7 Å². The molecule has 0 radical (unpaired) electrons. The molecule has 0 amide bonds. The predicted octanol–water partition coefficient (Wildman–Crippen LogP) is 3.31.